The van der Waals surface area contributed by atoms with E-state index in [0.29, 0.717) is 0 Å². The standard InChI is InChI=1S/C21H41/c1-7-11-19(4)14-9-15-21(6)17-10-16-20(5)13-8-12-18(2)3/h11,18,20-21H,1,7-10,12-17H2,2-6H3. The highest BCUT2D eigenvalue weighted by molar-refractivity contribution is 4.97. The van der Waals surface area contributed by atoms with Gasteiger partial charge in [-0.2, -0.15) is 0 Å². The summed E-state index contributed by atoms with van der Waals surface area (Å²) in [6.45, 7) is 15.7. The molecule has 0 rings (SSSR count). The number of hydrogen-bond acceptors (Lipinski definition) is 0. The summed E-state index contributed by atoms with van der Waals surface area (Å²) >= 11 is 0. The van der Waals surface area contributed by atoms with Crippen LogP contribution in [0.2, 0.25) is 0 Å². The van der Waals surface area contributed by atoms with E-state index in [1.165, 1.54) is 63.4 Å². The second-order valence-electron chi connectivity index (χ2n) is 7.70. The summed E-state index contributed by atoms with van der Waals surface area (Å²) in [5.74, 6) is 2.71. The minimum Gasteiger partial charge on any atom is -0.0856 e. The van der Waals surface area contributed by atoms with Crippen LogP contribution in [0.15, 0.2) is 11.6 Å². The van der Waals surface area contributed by atoms with Crippen LogP contribution >= 0.6 is 0 Å². The average molecular weight is 294 g/mol. The third-order valence-electron chi connectivity index (χ3n) is 4.63. The molecule has 21 heavy (non-hydrogen) atoms. The summed E-state index contributed by atoms with van der Waals surface area (Å²) in [4.78, 5) is 0. The van der Waals surface area contributed by atoms with Crippen LogP contribution < -0.4 is 0 Å². The molecule has 0 N–H and O–H groups in total. The lowest BCUT2D eigenvalue weighted by Gasteiger charge is -2.15. The zero-order valence-corrected chi connectivity index (χ0v) is 15.6. The summed E-state index contributed by atoms with van der Waals surface area (Å²) < 4.78 is 0. The highest BCUT2D eigenvalue weighted by Crippen LogP contribution is 2.22. The molecule has 1 radical (unpaired) electrons. The number of allylic oxidation sites excluding steroid dienone is 2. The van der Waals surface area contributed by atoms with E-state index >= 15 is 0 Å². The zero-order valence-electron chi connectivity index (χ0n) is 15.6. The zero-order chi connectivity index (χ0) is 16.1. The fourth-order valence-corrected chi connectivity index (χ4v) is 3.06. The van der Waals surface area contributed by atoms with Gasteiger partial charge in [0.05, 0.1) is 0 Å². The highest BCUT2D eigenvalue weighted by Gasteiger charge is 2.06. The molecular weight excluding hydrogens is 252 g/mol. The van der Waals surface area contributed by atoms with Gasteiger partial charge < -0.3 is 0 Å². The lowest BCUT2D eigenvalue weighted by molar-refractivity contribution is 0.389. The van der Waals surface area contributed by atoms with Crippen molar-refractivity contribution in [3.63, 3.8) is 0 Å². The van der Waals surface area contributed by atoms with Gasteiger partial charge in [0.1, 0.15) is 0 Å². The first-order chi connectivity index (χ1) is 9.95. The summed E-state index contributed by atoms with van der Waals surface area (Å²) in [6, 6.07) is 0. The molecule has 0 heterocycles. The smallest absolute Gasteiger partial charge is 0.0323 e. The third-order valence-corrected chi connectivity index (χ3v) is 4.63. The maximum absolute atomic E-state index is 3.88. The molecule has 0 fully saturated rings. The summed E-state index contributed by atoms with van der Waals surface area (Å²) in [5.41, 5.74) is 1.52. The van der Waals surface area contributed by atoms with Crippen LogP contribution in [0.4, 0.5) is 0 Å². The van der Waals surface area contributed by atoms with E-state index in [9.17, 15) is 0 Å². The van der Waals surface area contributed by atoms with E-state index < -0.39 is 0 Å². The van der Waals surface area contributed by atoms with Crippen molar-refractivity contribution in [2.75, 3.05) is 0 Å². The predicted octanol–water partition coefficient (Wildman–Crippen LogP) is 7.60. The molecule has 0 saturated carbocycles. The molecular formula is C21H41. The van der Waals surface area contributed by atoms with E-state index in [-0.39, 0.29) is 0 Å². The van der Waals surface area contributed by atoms with Gasteiger partial charge in [0.15, 0.2) is 0 Å². The Balaban J connectivity index is 3.52. The Bertz CT molecular complexity index is 249. The van der Waals surface area contributed by atoms with Crippen LogP contribution in [0.3, 0.4) is 0 Å². The van der Waals surface area contributed by atoms with Gasteiger partial charge in [0.2, 0.25) is 0 Å². The van der Waals surface area contributed by atoms with Crippen LogP contribution in [0, 0.1) is 24.7 Å². The van der Waals surface area contributed by atoms with E-state index in [4.69, 9.17) is 0 Å². The van der Waals surface area contributed by atoms with Gasteiger partial charge in [-0.05, 0) is 50.9 Å². The van der Waals surface area contributed by atoms with E-state index in [0.717, 1.165) is 24.2 Å². The number of hydrogen-bond donors (Lipinski definition) is 0. The molecule has 0 heteroatoms. The molecule has 2 unspecified atom stereocenters. The molecule has 0 aromatic carbocycles. The van der Waals surface area contributed by atoms with Crippen LogP contribution in [0.25, 0.3) is 0 Å². The molecule has 0 aliphatic rings. The molecule has 0 aliphatic carbocycles. The van der Waals surface area contributed by atoms with Crippen molar-refractivity contribution >= 4 is 0 Å². The van der Waals surface area contributed by atoms with Crippen molar-refractivity contribution in [1.82, 2.24) is 0 Å². The van der Waals surface area contributed by atoms with Crippen molar-refractivity contribution in [1.29, 1.82) is 0 Å². The summed E-state index contributed by atoms with van der Waals surface area (Å²) in [7, 11) is 0. The minimum absolute atomic E-state index is 0.873. The molecule has 0 nitrogen and oxygen atoms in total. The summed E-state index contributed by atoms with van der Waals surface area (Å²) in [6.07, 6.45) is 15.8. The minimum atomic E-state index is 0.873. The van der Waals surface area contributed by atoms with Crippen molar-refractivity contribution in [2.45, 2.75) is 98.8 Å². The highest BCUT2D eigenvalue weighted by atomic mass is 14.1. The second kappa shape index (κ2) is 13.4. The molecule has 125 valence electrons. The lowest BCUT2D eigenvalue weighted by Crippen LogP contribution is -2.00. The molecule has 0 aromatic rings. The lowest BCUT2D eigenvalue weighted by atomic mass is 9.91. The first-order valence-electron chi connectivity index (χ1n) is 9.40. The first-order valence-corrected chi connectivity index (χ1v) is 9.40. The van der Waals surface area contributed by atoms with Crippen molar-refractivity contribution in [3.8, 4) is 0 Å². The van der Waals surface area contributed by atoms with Crippen molar-refractivity contribution in [2.24, 2.45) is 17.8 Å². The monoisotopic (exact) mass is 293 g/mol. The van der Waals surface area contributed by atoms with E-state index in [1.807, 2.05) is 0 Å². The molecule has 0 bridgehead atoms. The molecule has 0 aromatic heterocycles. The van der Waals surface area contributed by atoms with Gasteiger partial charge in [-0.1, -0.05) is 84.3 Å². The van der Waals surface area contributed by atoms with Crippen molar-refractivity contribution in [3.05, 3.63) is 18.6 Å². The molecule has 2 atom stereocenters. The van der Waals surface area contributed by atoms with Gasteiger partial charge in [-0.15, -0.1) is 0 Å². The molecule has 0 amide bonds. The van der Waals surface area contributed by atoms with Gasteiger partial charge >= 0.3 is 0 Å². The third kappa shape index (κ3) is 14.4. The molecule has 0 spiro atoms. The Kier molecular flexibility index (Phi) is 13.2. The fourth-order valence-electron chi connectivity index (χ4n) is 3.06. The largest absolute Gasteiger partial charge is 0.0856 e. The van der Waals surface area contributed by atoms with Crippen molar-refractivity contribution < 1.29 is 0 Å². The van der Waals surface area contributed by atoms with Crippen LogP contribution in [0.5, 0.6) is 0 Å². The Hall–Kier alpha value is -0.260. The Labute approximate surface area is 135 Å². The second-order valence-corrected chi connectivity index (χ2v) is 7.70. The average Bonchev–Trinajstić information content (AvgIpc) is 2.38. The van der Waals surface area contributed by atoms with Gasteiger partial charge in [-0.25, -0.2) is 0 Å². The van der Waals surface area contributed by atoms with Gasteiger partial charge in [0, 0.05) is 0 Å². The maximum atomic E-state index is 3.88. The summed E-state index contributed by atoms with van der Waals surface area (Å²) in [5, 5.41) is 0. The fraction of sp³-hybridized carbons (Fsp3) is 0.857. The van der Waals surface area contributed by atoms with E-state index in [1.54, 1.807) is 0 Å². The first kappa shape index (κ1) is 20.7. The number of rotatable bonds is 13. The quantitative estimate of drug-likeness (QED) is 0.307. The Morgan fingerprint density at radius 3 is 1.76 bits per heavy atom. The topological polar surface area (TPSA) is 0 Å². The maximum Gasteiger partial charge on any atom is -0.0323 e. The molecule has 0 aliphatic heterocycles. The normalized spacial score (nSPS) is 15.5. The van der Waals surface area contributed by atoms with E-state index in [2.05, 4.69) is 47.6 Å². The molecule has 0 saturated heterocycles. The SMILES string of the molecule is [CH2]CC=C(C)CCCC(C)CCCC(C)CCCC(C)C. The Morgan fingerprint density at radius 1 is 0.810 bits per heavy atom. The Morgan fingerprint density at radius 2 is 1.29 bits per heavy atom. The van der Waals surface area contributed by atoms with Crippen LogP contribution in [-0.4, -0.2) is 0 Å². The van der Waals surface area contributed by atoms with Gasteiger partial charge in [0.25, 0.3) is 0 Å². The van der Waals surface area contributed by atoms with Crippen LogP contribution in [0.1, 0.15) is 98.8 Å². The van der Waals surface area contributed by atoms with Gasteiger partial charge in [-0.3, -0.25) is 0 Å². The predicted molar refractivity (Wildman–Crippen MR) is 98.5 cm³/mol. The van der Waals surface area contributed by atoms with Crippen LogP contribution in [-0.2, 0) is 0 Å².